The maximum atomic E-state index is 11.5. The Morgan fingerprint density at radius 1 is 1.17 bits per heavy atom. The van der Waals surface area contributed by atoms with Gasteiger partial charge in [-0.25, -0.2) is 4.98 Å². The zero-order valence-electron chi connectivity index (χ0n) is 12.5. The first-order valence-electron chi connectivity index (χ1n) is 7.17. The second-order valence-corrected chi connectivity index (χ2v) is 6.84. The van der Waals surface area contributed by atoms with E-state index in [4.69, 9.17) is 11.6 Å². The van der Waals surface area contributed by atoms with Crippen LogP contribution in [0, 0.1) is 0 Å². The van der Waals surface area contributed by atoms with Crippen molar-refractivity contribution >= 4 is 34.4 Å². The molecule has 0 bridgehead atoms. The standard InChI is InChI=1S/C18H15ClN2OS/c1-12(22)14-3-2-4-15(9-14)13-5-7-16(8-6-13)20-10-17-11-21-18(19)23-17/h2-9,11,20H,10H2,1H3. The lowest BCUT2D eigenvalue weighted by Gasteiger charge is -2.07. The number of anilines is 1. The van der Waals surface area contributed by atoms with Gasteiger partial charge in [0.05, 0.1) is 6.54 Å². The van der Waals surface area contributed by atoms with Crippen molar-refractivity contribution in [2.45, 2.75) is 13.5 Å². The highest BCUT2D eigenvalue weighted by Crippen LogP contribution is 2.24. The van der Waals surface area contributed by atoms with Crippen LogP contribution in [0.2, 0.25) is 4.47 Å². The highest BCUT2D eigenvalue weighted by molar-refractivity contribution is 7.15. The van der Waals surface area contributed by atoms with Gasteiger partial charge in [-0.05, 0) is 36.2 Å². The fraction of sp³-hybridized carbons (Fsp3) is 0.111. The molecule has 2 aromatic carbocycles. The number of carbonyl (C=O) groups is 1. The summed E-state index contributed by atoms with van der Waals surface area (Å²) in [5.41, 5.74) is 3.88. The van der Waals surface area contributed by atoms with Crippen LogP contribution in [0.25, 0.3) is 11.1 Å². The second-order valence-electron chi connectivity index (χ2n) is 5.15. The SMILES string of the molecule is CC(=O)c1cccc(-c2ccc(NCc3cnc(Cl)s3)cc2)c1. The molecular weight excluding hydrogens is 328 g/mol. The normalized spacial score (nSPS) is 10.5. The average molecular weight is 343 g/mol. The predicted molar refractivity (Wildman–Crippen MR) is 96.3 cm³/mol. The Kier molecular flexibility index (Phi) is 4.74. The monoisotopic (exact) mass is 342 g/mol. The van der Waals surface area contributed by atoms with Crippen molar-refractivity contribution in [1.29, 1.82) is 0 Å². The third-order valence-electron chi connectivity index (χ3n) is 3.48. The lowest BCUT2D eigenvalue weighted by molar-refractivity contribution is 0.101. The van der Waals surface area contributed by atoms with Crippen LogP contribution < -0.4 is 5.32 Å². The first-order valence-corrected chi connectivity index (χ1v) is 8.37. The van der Waals surface area contributed by atoms with E-state index < -0.39 is 0 Å². The fourth-order valence-electron chi connectivity index (χ4n) is 2.25. The van der Waals surface area contributed by atoms with Crippen molar-refractivity contribution in [3.05, 3.63) is 69.6 Å². The number of halogens is 1. The molecule has 0 aliphatic carbocycles. The summed E-state index contributed by atoms with van der Waals surface area (Å²) in [5.74, 6) is 0.0772. The number of thiazole rings is 1. The van der Waals surface area contributed by atoms with E-state index in [0.717, 1.165) is 27.3 Å². The van der Waals surface area contributed by atoms with Gasteiger partial charge in [0.15, 0.2) is 10.3 Å². The minimum atomic E-state index is 0.0772. The minimum Gasteiger partial charge on any atom is -0.380 e. The number of hydrogen-bond donors (Lipinski definition) is 1. The first kappa shape index (κ1) is 15.7. The van der Waals surface area contributed by atoms with Gasteiger partial charge in [-0.3, -0.25) is 4.79 Å². The Labute approximate surface area is 144 Å². The van der Waals surface area contributed by atoms with Crippen LogP contribution in [0.3, 0.4) is 0 Å². The number of hydrogen-bond acceptors (Lipinski definition) is 4. The third-order valence-corrected chi connectivity index (χ3v) is 4.59. The van der Waals surface area contributed by atoms with Crippen LogP contribution in [0.1, 0.15) is 22.2 Å². The van der Waals surface area contributed by atoms with Gasteiger partial charge in [-0.15, -0.1) is 11.3 Å². The number of carbonyl (C=O) groups excluding carboxylic acids is 1. The Bertz CT molecular complexity index is 827. The van der Waals surface area contributed by atoms with Crippen molar-refractivity contribution in [1.82, 2.24) is 4.98 Å². The van der Waals surface area contributed by atoms with E-state index in [9.17, 15) is 4.79 Å². The maximum Gasteiger partial charge on any atom is 0.183 e. The molecule has 0 saturated heterocycles. The third kappa shape index (κ3) is 3.97. The molecule has 3 rings (SSSR count). The van der Waals surface area contributed by atoms with Gasteiger partial charge in [-0.2, -0.15) is 0 Å². The molecule has 0 unspecified atom stereocenters. The Balaban J connectivity index is 1.71. The van der Waals surface area contributed by atoms with Crippen LogP contribution in [0.4, 0.5) is 5.69 Å². The molecule has 0 radical (unpaired) electrons. The summed E-state index contributed by atoms with van der Waals surface area (Å²) >= 11 is 7.29. The molecule has 0 atom stereocenters. The quantitative estimate of drug-likeness (QED) is 0.641. The number of benzene rings is 2. The lowest BCUT2D eigenvalue weighted by atomic mass is 10.0. The van der Waals surface area contributed by atoms with E-state index in [1.54, 1.807) is 13.1 Å². The highest BCUT2D eigenvalue weighted by atomic mass is 35.5. The fourth-order valence-corrected chi connectivity index (χ4v) is 3.17. The highest BCUT2D eigenvalue weighted by Gasteiger charge is 2.03. The van der Waals surface area contributed by atoms with Gasteiger partial charge in [0.1, 0.15) is 0 Å². The zero-order chi connectivity index (χ0) is 16.2. The van der Waals surface area contributed by atoms with E-state index >= 15 is 0 Å². The summed E-state index contributed by atoms with van der Waals surface area (Å²) in [6.07, 6.45) is 1.78. The molecule has 0 aliphatic rings. The molecule has 23 heavy (non-hydrogen) atoms. The van der Waals surface area contributed by atoms with Gasteiger partial charge in [0.25, 0.3) is 0 Å². The number of ketones is 1. The molecule has 1 aromatic heterocycles. The van der Waals surface area contributed by atoms with Crippen molar-refractivity contribution in [3.8, 4) is 11.1 Å². The molecule has 0 saturated carbocycles. The molecule has 3 nitrogen and oxygen atoms in total. The minimum absolute atomic E-state index is 0.0772. The molecule has 1 N–H and O–H groups in total. The van der Waals surface area contributed by atoms with Gasteiger partial charge in [0.2, 0.25) is 0 Å². The summed E-state index contributed by atoms with van der Waals surface area (Å²) < 4.78 is 0.558. The van der Waals surface area contributed by atoms with Crippen molar-refractivity contribution in [2.75, 3.05) is 5.32 Å². The predicted octanol–water partition coefficient (Wildman–Crippen LogP) is 5.28. The zero-order valence-corrected chi connectivity index (χ0v) is 14.1. The Morgan fingerprint density at radius 2 is 1.96 bits per heavy atom. The van der Waals surface area contributed by atoms with Crippen LogP contribution >= 0.6 is 22.9 Å². The summed E-state index contributed by atoms with van der Waals surface area (Å²) in [5, 5.41) is 3.34. The molecule has 0 aliphatic heterocycles. The Hall–Kier alpha value is -2.17. The smallest absolute Gasteiger partial charge is 0.183 e. The summed E-state index contributed by atoms with van der Waals surface area (Å²) in [7, 11) is 0. The van der Waals surface area contributed by atoms with Gasteiger partial charge < -0.3 is 5.32 Å². The molecular formula is C18H15ClN2OS. The Morgan fingerprint density at radius 3 is 2.61 bits per heavy atom. The molecule has 0 fully saturated rings. The van der Waals surface area contributed by atoms with E-state index in [0.29, 0.717) is 11.0 Å². The van der Waals surface area contributed by atoms with Crippen molar-refractivity contribution in [2.24, 2.45) is 0 Å². The number of nitrogens with zero attached hydrogens (tertiary/aromatic N) is 1. The van der Waals surface area contributed by atoms with E-state index in [-0.39, 0.29) is 5.78 Å². The van der Waals surface area contributed by atoms with Crippen molar-refractivity contribution in [3.63, 3.8) is 0 Å². The molecule has 1 heterocycles. The van der Waals surface area contributed by atoms with Crippen molar-refractivity contribution < 1.29 is 4.79 Å². The lowest BCUT2D eigenvalue weighted by Crippen LogP contribution is -1.97. The first-order chi connectivity index (χ1) is 11.1. The number of Topliss-reactive ketones (excluding diaryl/α,β-unsaturated/α-hetero) is 1. The van der Waals surface area contributed by atoms with Gasteiger partial charge >= 0.3 is 0 Å². The second kappa shape index (κ2) is 6.94. The summed E-state index contributed by atoms with van der Waals surface area (Å²) in [6.45, 7) is 2.28. The topological polar surface area (TPSA) is 42.0 Å². The van der Waals surface area contributed by atoms with Gasteiger partial charge in [0, 0.05) is 22.3 Å². The summed E-state index contributed by atoms with van der Waals surface area (Å²) in [6, 6.07) is 15.8. The number of rotatable bonds is 5. The van der Waals surface area contributed by atoms with Crippen LogP contribution in [-0.4, -0.2) is 10.8 Å². The van der Waals surface area contributed by atoms with E-state index in [1.165, 1.54) is 11.3 Å². The molecule has 0 spiro atoms. The van der Waals surface area contributed by atoms with Crippen LogP contribution in [0.15, 0.2) is 54.7 Å². The number of aromatic nitrogens is 1. The van der Waals surface area contributed by atoms with Gasteiger partial charge in [-0.1, -0.05) is 41.9 Å². The molecule has 116 valence electrons. The average Bonchev–Trinajstić information content (AvgIpc) is 2.99. The van der Waals surface area contributed by atoms with Crippen LogP contribution in [0.5, 0.6) is 0 Å². The van der Waals surface area contributed by atoms with E-state index in [1.807, 2.05) is 48.5 Å². The van der Waals surface area contributed by atoms with Crippen LogP contribution in [-0.2, 0) is 6.54 Å². The summed E-state index contributed by atoms with van der Waals surface area (Å²) in [4.78, 5) is 16.6. The molecule has 3 aromatic rings. The molecule has 5 heteroatoms. The number of nitrogens with one attached hydrogen (secondary N) is 1. The molecule has 0 amide bonds. The van der Waals surface area contributed by atoms with E-state index in [2.05, 4.69) is 10.3 Å². The maximum absolute atomic E-state index is 11.5. The largest absolute Gasteiger partial charge is 0.380 e.